The predicted molar refractivity (Wildman–Crippen MR) is 84.1 cm³/mol. The first-order valence-corrected chi connectivity index (χ1v) is 6.87. The molecule has 3 rings (SSSR count). The SMILES string of the molecule is CC(=O)Oc1ccc(OC(C)=O)c2c1ccc1ccccc12. The normalized spacial score (nSPS) is 10.6. The summed E-state index contributed by atoms with van der Waals surface area (Å²) in [6.07, 6.45) is 0. The van der Waals surface area contributed by atoms with Gasteiger partial charge in [0, 0.05) is 24.6 Å². The van der Waals surface area contributed by atoms with E-state index in [1.54, 1.807) is 12.1 Å². The molecule has 0 amide bonds. The third kappa shape index (κ3) is 2.51. The first kappa shape index (κ1) is 14.1. The Bertz CT molecular complexity index is 896. The molecule has 0 N–H and O–H groups in total. The molecule has 4 nitrogen and oxygen atoms in total. The highest BCUT2D eigenvalue weighted by Gasteiger charge is 2.13. The number of esters is 2. The maximum Gasteiger partial charge on any atom is 0.308 e. The monoisotopic (exact) mass is 294 g/mol. The maximum absolute atomic E-state index is 11.3. The average molecular weight is 294 g/mol. The summed E-state index contributed by atoms with van der Waals surface area (Å²) in [7, 11) is 0. The summed E-state index contributed by atoms with van der Waals surface area (Å²) in [6.45, 7) is 2.71. The van der Waals surface area contributed by atoms with E-state index < -0.39 is 11.9 Å². The Labute approximate surface area is 127 Å². The zero-order valence-electron chi connectivity index (χ0n) is 12.3. The van der Waals surface area contributed by atoms with E-state index in [0.29, 0.717) is 11.5 Å². The zero-order chi connectivity index (χ0) is 15.7. The van der Waals surface area contributed by atoms with Gasteiger partial charge in [-0.15, -0.1) is 0 Å². The van der Waals surface area contributed by atoms with E-state index in [0.717, 1.165) is 21.5 Å². The lowest BCUT2D eigenvalue weighted by Gasteiger charge is -2.12. The first-order valence-electron chi connectivity index (χ1n) is 6.87. The molecule has 0 heterocycles. The molecular formula is C18H14O4. The van der Waals surface area contributed by atoms with Crippen molar-refractivity contribution in [1.29, 1.82) is 0 Å². The van der Waals surface area contributed by atoms with E-state index >= 15 is 0 Å². The molecule has 0 bridgehead atoms. The Morgan fingerprint density at radius 2 is 1.36 bits per heavy atom. The van der Waals surface area contributed by atoms with E-state index in [-0.39, 0.29) is 0 Å². The Balaban J connectivity index is 2.38. The number of rotatable bonds is 2. The van der Waals surface area contributed by atoms with Gasteiger partial charge in [0.15, 0.2) is 0 Å². The van der Waals surface area contributed by atoms with Gasteiger partial charge < -0.3 is 9.47 Å². The van der Waals surface area contributed by atoms with Crippen LogP contribution in [0.15, 0.2) is 48.5 Å². The van der Waals surface area contributed by atoms with Crippen molar-refractivity contribution in [3.8, 4) is 11.5 Å². The largest absolute Gasteiger partial charge is 0.426 e. The quantitative estimate of drug-likeness (QED) is 0.409. The van der Waals surface area contributed by atoms with E-state index in [9.17, 15) is 9.59 Å². The molecule has 0 aliphatic rings. The highest BCUT2D eigenvalue weighted by Crippen LogP contribution is 2.38. The molecule has 0 unspecified atom stereocenters. The number of hydrogen-bond acceptors (Lipinski definition) is 4. The summed E-state index contributed by atoms with van der Waals surface area (Å²) in [4.78, 5) is 22.6. The molecule has 0 fully saturated rings. The number of benzene rings is 3. The predicted octanol–water partition coefficient (Wildman–Crippen LogP) is 3.84. The summed E-state index contributed by atoms with van der Waals surface area (Å²) >= 11 is 0. The lowest BCUT2D eigenvalue weighted by Crippen LogP contribution is -2.04. The number of fused-ring (bicyclic) bond motifs is 3. The number of hydrogen-bond donors (Lipinski definition) is 0. The van der Waals surface area contributed by atoms with Crippen molar-refractivity contribution in [2.45, 2.75) is 13.8 Å². The minimum absolute atomic E-state index is 0.394. The van der Waals surface area contributed by atoms with Gasteiger partial charge in [-0.3, -0.25) is 9.59 Å². The molecule has 0 saturated carbocycles. The van der Waals surface area contributed by atoms with Crippen molar-refractivity contribution in [1.82, 2.24) is 0 Å². The van der Waals surface area contributed by atoms with Crippen LogP contribution in [0.3, 0.4) is 0 Å². The molecule has 3 aromatic rings. The summed E-state index contributed by atoms with van der Waals surface area (Å²) in [5.41, 5.74) is 0. The van der Waals surface area contributed by atoms with Crippen LogP contribution in [0.5, 0.6) is 11.5 Å². The van der Waals surface area contributed by atoms with Crippen molar-refractivity contribution in [3.63, 3.8) is 0 Å². The van der Waals surface area contributed by atoms with Gasteiger partial charge in [-0.05, 0) is 29.0 Å². The van der Waals surface area contributed by atoms with Gasteiger partial charge in [-0.1, -0.05) is 30.3 Å². The second-order valence-electron chi connectivity index (χ2n) is 4.96. The molecule has 0 aliphatic heterocycles. The maximum atomic E-state index is 11.3. The van der Waals surface area contributed by atoms with Crippen molar-refractivity contribution in [2.24, 2.45) is 0 Å². The second kappa shape index (κ2) is 5.48. The minimum Gasteiger partial charge on any atom is -0.426 e. The van der Waals surface area contributed by atoms with Gasteiger partial charge in [0.1, 0.15) is 11.5 Å². The summed E-state index contributed by atoms with van der Waals surface area (Å²) < 4.78 is 10.6. The van der Waals surface area contributed by atoms with Crippen LogP contribution >= 0.6 is 0 Å². The van der Waals surface area contributed by atoms with Gasteiger partial charge in [0.2, 0.25) is 0 Å². The van der Waals surface area contributed by atoms with Crippen LogP contribution in [0.2, 0.25) is 0 Å². The van der Waals surface area contributed by atoms with Gasteiger partial charge in [0.05, 0.1) is 0 Å². The van der Waals surface area contributed by atoms with Crippen LogP contribution < -0.4 is 9.47 Å². The molecule has 0 aromatic heterocycles. The van der Waals surface area contributed by atoms with Crippen LogP contribution in [-0.4, -0.2) is 11.9 Å². The van der Waals surface area contributed by atoms with E-state index in [1.807, 2.05) is 36.4 Å². The van der Waals surface area contributed by atoms with Gasteiger partial charge in [-0.25, -0.2) is 0 Å². The molecule has 0 aliphatic carbocycles. The molecule has 4 heteroatoms. The van der Waals surface area contributed by atoms with Crippen LogP contribution in [0.25, 0.3) is 21.5 Å². The molecular weight excluding hydrogens is 280 g/mol. The summed E-state index contributed by atoms with van der Waals surface area (Å²) in [6, 6.07) is 14.9. The number of ether oxygens (including phenoxy) is 2. The Kier molecular flexibility index (Phi) is 3.51. The zero-order valence-corrected chi connectivity index (χ0v) is 12.3. The highest BCUT2D eigenvalue weighted by molar-refractivity contribution is 6.13. The molecule has 110 valence electrons. The number of carbonyl (C=O) groups excluding carboxylic acids is 2. The fraction of sp³-hybridized carbons (Fsp3) is 0.111. The smallest absolute Gasteiger partial charge is 0.308 e. The van der Waals surface area contributed by atoms with Crippen molar-refractivity contribution in [3.05, 3.63) is 48.5 Å². The molecule has 0 radical (unpaired) electrons. The van der Waals surface area contributed by atoms with E-state index in [4.69, 9.17) is 9.47 Å². The third-order valence-corrected chi connectivity index (χ3v) is 3.33. The lowest BCUT2D eigenvalue weighted by molar-refractivity contribution is -0.132. The van der Waals surface area contributed by atoms with Crippen molar-refractivity contribution < 1.29 is 19.1 Å². The van der Waals surface area contributed by atoms with Gasteiger partial charge in [-0.2, -0.15) is 0 Å². The molecule has 22 heavy (non-hydrogen) atoms. The fourth-order valence-electron chi connectivity index (χ4n) is 2.55. The molecule has 3 aromatic carbocycles. The second-order valence-corrected chi connectivity index (χ2v) is 4.96. The topological polar surface area (TPSA) is 52.6 Å². The Hall–Kier alpha value is -2.88. The molecule has 0 atom stereocenters. The van der Waals surface area contributed by atoms with Gasteiger partial charge >= 0.3 is 11.9 Å². The van der Waals surface area contributed by atoms with Crippen molar-refractivity contribution in [2.75, 3.05) is 0 Å². The molecule has 0 spiro atoms. The average Bonchev–Trinajstić information content (AvgIpc) is 2.48. The van der Waals surface area contributed by atoms with Crippen LogP contribution in [-0.2, 0) is 9.59 Å². The Morgan fingerprint density at radius 1 is 0.727 bits per heavy atom. The van der Waals surface area contributed by atoms with Crippen molar-refractivity contribution >= 4 is 33.5 Å². The summed E-state index contributed by atoms with van der Waals surface area (Å²) in [5.74, 6) is 0.114. The van der Waals surface area contributed by atoms with E-state index in [2.05, 4.69) is 0 Å². The first-order chi connectivity index (χ1) is 10.6. The van der Waals surface area contributed by atoms with Crippen LogP contribution in [0.1, 0.15) is 13.8 Å². The Morgan fingerprint density at radius 3 is 2.09 bits per heavy atom. The van der Waals surface area contributed by atoms with Gasteiger partial charge in [0.25, 0.3) is 0 Å². The summed E-state index contributed by atoms with van der Waals surface area (Å²) in [5, 5.41) is 3.44. The third-order valence-electron chi connectivity index (χ3n) is 3.33. The van der Waals surface area contributed by atoms with E-state index in [1.165, 1.54) is 13.8 Å². The minimum atomic E-state index is -0.394. The van der Waals surface area contributed by atoms with Crippen LogP contribution in [0, 0.1) is 0 Å². The standard InChI is InChI=1S/C18H14O4/c1-11(19)21-16-9-10-17(22-12(2)20)18-14-6-4-3-5-13(14)7-8-15(16)18/h3-10H,1-2H3. The molecule has 0 saturated heterocycles. The number of carbonyl (C=O) groups is 2. The lowest BCUT2D eigenvalue weighted by atomic mass is 10.0. The fourth-order valence-corrected chi connectivity index (χ4v) is 2.55. The van der Waals surface area contributed by atoms with Crippen LogP contribution in [0.4, 0.5) is 0 Å². The highest BCUT2D eigenvalue weighted by atomic mass is 16.5.